The van der Waals surface area contributed by atoms with Crippen LogP contribution >= 0.6 is 11.6 Å². The van der Waals surface area contributed by atoms with Crippen molar-refractivity contribution in [1.29, 1.82) is 0 Å². The molecular formula is C21H26ClNO4. The van der Waals surface area contributed by atoms with Crippen LogP contribution in [0, 0.1) is 12.3 Å². The lowest BCUT2D eigenvalue weighted by atomic mass is 9.84. The summed E-state index contributed by atoms with van der Waals surface area (Å²) in [4.78, 5) is 25.7. The zero-order chi connectivity index (χ0) is 20.0. The lowest BCUT2D eigenvalue weighted by molar-refractivity contribution is -0.150. The number of rotatable bonds is 2. The van der Waals surface area contributed by atoms with E-state index in [1.165, 1.54) is 0 Å². The summed E-state index contributed by atoms with van der Waals surface area (Å²) in [5.74, 6) is -0.284. The van der Waals surface area contributed by atoms with E-state index in [4.69, 9.17) is 21.1 Å². The van der Waals surface area contributed by atoms with Gasteiger partial charge in [-0.2, -0.15) is 0 Å². The monoisotopic (exact) mass is 391 g/mol. The van der Waals surface area contributed by atoms with E-state index in [2.05, 4.69) is 5.32 Å². The first-order valence-corrected chi connectivity index (χ1v) is 9.59. The van der Waals surface area contributed by atoms with Gasteiger partial charge in [0.15, 0.2) is 0 Å². The van der Waals surface area contributed by atoms with Gasteiger partial charge < -0.3 is 14.8 Å². The smallest absolute Gasteiger partial charge is 0.316 e. The standard InChI is InChI=1S/C21H26ClNO4/c1-12-6-7-14(15(22)10-12)16-17(27-19(25)20(3,4)5)21(23-18(16)24)8-9-26-13(2)11-21/h6-7,10,13H,8-9,11H2,1-5H3,(H,23,24). The van der Waals surface area contributed by atoms with E-state index in [9.17, 15) is 9.59 Å². The van der Waals surface area contributed by atoms with Crippen molar-refractivity contribution in [2.24, 2.45) is 5.41 Å². The summed E-state index contributed by atoms with van der Waals surface area (Å²) in [6.45, 7) is 9.73. The molecule has 1 fully saturated rings. The maximum atomic E-state index is 13.0. The molecular weight excluding hydrogens is 366 g/mol. The lowest BCUT2D eigenvalue weighted by Gasteiger charge is -2.38. The van der Waals surface area contributed by atoms with Gasteiger partial charge in [0.1, 0.15) is 11.3 Å². The van der Waals surface area contributed by atoms with Crippen molar-refractivity contribution in [3.8, 4) is 0 Å². The molecule has 5 nitrogen and oxygen atoms in total. The first-order chi connectivity index (χ1) is 12.5. The SMILES string of the molecule is Cc1ccc(C2=C(OC(=O)C(C)(C)C)C3(CCOC(C)C3)NC2=O)c(Cl)c1. The number of halogens is 1. The second-order valence-corrected chi connectivity index (χ2v) is 8.91. The number of hydrogen-bond acceptors (Lipinski definition) is 4. The molecule has 1 saturated heterocycles. The Morgan fingerprint density at radius 2 is 2.07 bits per heavy atom. The van der Waals surface area contributed by atoms with Gasteiger partial charge in [0.25, 0.3) is 5.91 Å². The molecule has 2 heterocycles. The van der Waals surface area contributed by atoms with Crippen LogP contribution < -0.4 is 5.32 Å². The van der Waals surface area contributed by atoms with Crippen LogP contribution in [0.5, 0.6) is 0 Å². The van der Waals surface area contributed by atoms with Crippen LogP contribution in [-0.2, 0) is 19.1 Å². The fourth-order valence-electron chi connectivity index (χ4n) is 3.55. The predicted molar refractivity (Wildman–Crippen MR) is 104 cm³/mol. The first-order valence-electron chi connectivity index (χ1n) is 9.21. The maximum absolute atomic E-state index is 13.0. The minimum Gasteiger partial charge on any atom is -0.427 e. The maximum Gasteiger partial charge on any atom is 0.316 e. The van der Waals surface area contributed by atoms with E-state index >= 15 is 0 Å². The van der Waals surface area contributed by atoms with E-state index in [0.29, 0.717) is 41.4 Å². The molecule has 1 spiro atoms. The second-order valence-electron chi connectivity index (χ2n) is 8.50. The van der Waals surface area contributed by atoms with Gasteiger partial charge in [0.05, 0.1) is 17.1 Å². The van der Waals surface area contributed by atoms with Gasteiger partial charge in [0, 0.05) is 30.0 Å². The first kappa shape index (κ1) is 19.9. The normalized spacial score (nSPS) is 25.7. The van der Waals surface area contributed by atoms with Gasteiger partial charge in [-0.3, -0.25) is 9.59 Å². The average molecular weight is 392 g/mol. The van der Waals surface area contributed by atoms with Crippen LogP contribution in [0.25, 0.3) is 5.57 Å². The van der Waals surface area contributed by atoms with E-state index < -0.39 is 11.0 Å². The van der Waals surface area contributed by atoms with Crippen LogP contribution in [-0.4, -0.2) is 30.1 Å². The van der Waals surface area contributed by atoms with Crippen LogP contribution in [0.15, 0.2) is 24.0 Å². The van der Waals surface area contributed by atoms with Gasteiger partial charge in [-0.05, 0) is 46.2 Å². The molecule has 6 heteroatoms. The molecule has 2 unspecified atom stereocenters. The van der Waals surface area contributed by atoms with E-state index in [0.717, 1.165) is 5.56 Å². The molecule has 0 aliphatic carbocycles. The van der Waals surface area contributed by atoms with Gasteiger partial charge in [-0.1, -0.05) is 23.7 Å². The predicted octanol–water partition coefficient (Wildman–Crippen LogP) is 4.02. The molecule has 0 bridgehead atoms. The van der Waals surface area contributed by atoms with Crippen molar-refractivity contribution in [3.05, 3.63) is 40.1 Å². The molecule has 2 atom stereocenters. The van der Waals surface area contributed by atoms with Gasteiger partial charge in [-0.25, -0.2) is 0 Å². The van der Waals surface area contributed by atoms with Gasteiger partial charge in [-0.15, -0.1) is 0 Å². The molecule has 1 aromatic carbocycles. The molecule has 146 valence electrons. The van der Waals surface area contributed by atoms with E-state index in [1.54, 1.807) is 32.9 Å². The number of carbonyl (C=O) groups excluding carboxylic acids is 2. The number of esters is 1. The Bertz CT molecular complexity index is 824. The number of hydrogen-bond donors (Lipinski definition) is 1. The summed E-state index contributed by atoms with van der Waals surface area (Å²) in [7, 11) is 0. The zero-order valence-corrected chi connectivity index (χ0v) is 17.2. The molecule has 3 rings (SSSR count). The number of carbonyl (C=O) groups is 2. The highest BCUT2D eigenvalue weighted by molar-refractivity contribution is 6.35. The van der Waals surface area contributed by atoms with Gasteiger partial charge >= 0.3 is 5.97 Å². The van der Waals surface area contributed by atoms with Crippen molar-refractivity contribution in [2.75, 3.05) is 6.61 Å². The zero-order valence-electron chi connectivity index (χ0n) is 16.4. The molecule has 1 N–H and O–H groups in total. The van der Waals surface area contributed by atoms with Crippen LogP contribution in [0.4, 0.5) is 0 Å². The molecule has 2 aliphatic heterocycles. The van der Waals surface area contributed by atoms with Crippen molar-refractivity contribution < 1.29 is 19.1 Å². The molecule has 1 amide bonds. The van der Waals surface area contributed by atoms with Crippen LogP contribution in [0.1, 0.15) is 51.7 Å². The summed E-state index contributed by atoms with van der Waals surface area (Å²) in [5.41, 5.74) is 0.461. The fraction of sp³-hybridized carbons (Fsp3) is 0.524. The molecule has 2 aliphatic rings. The number of benzene rings is 1. The Morgan fingerprint density at radius 3 is 2.67 bits per heavy atom. The van der Waals surface area contributed by atoms with E-state index in [1.807, 2.05) is 19.9 Å². The van der Waals surface area contributed by atoms with Gasteiger partial charge in [0.2, 0.25) is 0 Å². The molecule has 0 aromatic heterocycles. The number of ether oxygens (including phenoxy) is 2. The van der Waals surface area contributed by atoms with Crippen LogP contribution in [0.3, 0.4) is 0 Å². The molecule has 0 radical (unpaired) electrons. The number of aryl methyl sites for hydroxylation is 1. The molecule has 27 heavy (non-hydrogen) atoms. The minimum absolute atomic E-state index is 0.0600. The highest BCUT2D eigenvalue weighted by Gasteiger charge is 2.51. The quantitative estimate of drug-likeness (QED) is 0.773. The topological polar surface area (TPSA) is 64.6 Å². The Morgan fingerprint density at radius 1 is 1.37 bits per heavy atom. The number of amides is 1. The largest absolute Gasteiger partial charge is 0.427 e. The lowest BCUT2D eigenvalue weighted by Crippen LogP contribution is -2.51. The highest BCUT2D eigenvalue weighted by Crippen LogP contribution is 2.44. The third-order valence-corrected chi connectivity index (χ3v) is 5.32. The van der Waals surface area contributed by atoms with E-state index in [-0.39, 0.29) is 18.0 Å². The molecule has 0 saturated carbocycles. The third-order valence-electron chi connectivity index (χ3n) is 5.01. The third kappa shape index (κ3) is 3.76. The van der Waals surface area contributed by atoms with Crippen molar-refractivity contribution in [1.82, 2.24) is 5.32 Å². The summed E-state index contributed by atoms with van der Waals surface area (Å²) >= 11 is 6.44. The summed E-state index contributed by atoms with van der Waals surface area (Å²) in [5, 5.41) is 3.53. The highest BCUT2D eigenvalue weighted by atomic mass is 35.5. The van der Waals surface area contributed by atoms with Crippen molar-refractivity contribution in [3.63, 3.8) is 0 Å². The Kier molecular flexibility index (Phi) is 5.12. The Balaban J connectivity index is 2.16. The molecule has 1 aromatic rings. The Hall–Kier alpha value is -1.85. The minimum atomic E-state index is -0.751. The summed E-state index contributed by atoms with van der Waals surface area (Å²) in [6, 6.07) is 5.50. The Labute approximate surface area is 165 Å². The summed E-state index contributed by atoms with van der Waals surface area (Å²) < 4.78 is 11.5. The number of nitrogens with one attached hydrogen (secondary N) is 1. The van der Waals surface area contributed by atoms with Crippen molar-refractivity contribution in [2.45, 2.75) is 59.1 Å². The van der Waals surface area contributed by atoms with Crippen LogP contribution in [0.2, 0.25) is 5.02 Å². The summed E-state index contributed by atoms with van der Waals surface area (Å²) in [6.07, 6.45) is 1.02. The van der Waals surface area contributed by atoms with Crippen molar-refractivity contribution >= 4 is 29.1 Å². The average Bonchev–Trinajstić information content (AvgIpc) is 2.78. The second kappa shape index (κ2) is 6.95. The fourth-order valence-corrected chi connectivity index (χ4v) is 3.88.